The summed E-state index contributed by atoms with van der Waals surface area (Å²) < 4.78 is 0. The van der Waals surface area contributed by atoms with E-state index >= 15 is 0 Å². The van der Waals surface area contributed by atoms with Crippen LogP contribution in [0.5, 0.6) is 0 Å². The van der Waals surface area contributed by atoms with Gasteiger partial charge in [-0.1, -0.05) is 25.7 Å². The first-order valence-corrected chi connectivity index (χ1v) is 6.63. The van der Waals surface area contributed by atoms with Crippen LogP contribution in [0.2, 0.25) is 0 Å². The quantitative estimate of drug-likeness (QED) is 0.392. The van der Waals surface area contributed by atoms with E-state index in [4.69, 9.17) is 22.9 Å². The average Bonchev–Trinajstić information content (AvgIpc) is 2.29. The van der Waals surface area contributed by atoms with Crippen LogP contribution in [0.3, 0.4) is 0 Å². The average molecular weight is 230 g/mol. The highest BCUT2D eigenvalue weighted by molar-refractivity contribution is 4.75. The highest BCUT2D eigenvalue weighted by Gasteiger charge is 2.11. The van der Waals surface area contributed by atoms with Crippen molar-refractivity contribution in [3.8, 4) is 0 Å². The maximum absolute atomic E-state index is 6.03. The van der Waals surface area contributed by atoms with E-state index in [2.05, 4.69) is 0 Å². The van der Waals surface area contributed by atoms with E-state index in [1.807, 2.05) is 0 Å². The molecular weight excluding hydrogens is 200 g/mol. The van der Waals surface area contributed by atoms with E-state index in [1.165, 1.54) is 12.8 Å². The van der Waals surface area contributed by atoms with Crippen molar-refractivity contribution in [3.05, 3.63) is 0 Å². The van der Waals surface area contributed by atoms with Crippen LogP contribution in [-0.4, -0.2) is 25.2 Å². The lowest BCUT2D eigenvalue weighted by Gasteiger charge is -2.19. The van der Waals surface area contributed by atoms with Gasteiger partial charge in [0.05, 0.1) is 0 Å². The summed E-state index contributed by atoms with van der Waals surface area (Å²) in [5.41, 5.74) is 22.9. The van der Waals surface area contributed by atoms with Crippen molar-refractivity contribution in [2.75, 3.05) is 13.1 Å². The predicted molar refractivity (Wildman–Crippen MR) is 71.0 cm³/mol. The summed E-state index contributed by atoms with van der Waals surface area (Å²) >= 11 is 0. The summed E-state index contributed by atoms with van der Waals surface area (Å²) in [6.45, 7) is 1.56. The Balaban J connectivity index is 3.38. The maximum atomic E-state index is 6.03. The number of hydrogen-bond acceptors (Lipinski definition) is 4. The monoisotopic (exact) mass is 230 g/mol. The Morgan fingerprint density at radius 3 is 1.25 bits per heavy atom. The number of rotatable bonds is 11. The third kappa shape index (κ3) is 9.09. The van der Waals surface area contributed by atoms with Gasteiger partial charge >= 0.3 is 0 Å². The van der Waals surface area contributed by atoms with Crippen LogP contribution in [-0.2, 0) is 0 Å². The van der Waals surface area contributed by atoms with Gasteiger partial charge < -0.3 is 22.9 Å². The summed E-state index contributed by atoms with van der Waals surface area (Å²) in [4.78, 5) is 0. The second kappa shape index (κ2) is 11.3. The highest BCUT2D eigenvalue weighted by atomic mass is 14.8. The van der Waals surface area contributed by atoms with Gasteiger partial charge in [0, 0.05) is 12.1 Å². The van der Waals surface area contributed by atoms with Gasteiger partial charge in [-0.05, 0) is 38.8 Å². The van der Waals surface area contributed by atoms with E-state index in [0.29, 0.717) is 0 Å². The summed E-state index contributed by atoms with van der Waals surface area (Å²) in [7, 11) is 0. The van der Waals surface area contributed by atoms with E-state index in [-0.39, 0.29) is 12.1 Å². The first-order chi connectivity index (χ1) is 7.72. The van der Waals surface area contributed by atoms with Crippen molar-refractivity contribution in [1.82, 2.24) is 0 Å². The third-order valence-corrected chi connectivity index (χ3v) is 3.03. The molecule has 0 amide bonds. The van der Waals surface area contributed by atoms with Gasteiger partial charge in [0.2, 0.25) is 0 Å². The van der Waals surface area contributed by atoms with Crippen LogP contribution >= 0.6 is 0 Å². The maximum Gasteiger partial charge on any atom is 0.0192 e. The van der Waals surface area contributed by atoms with Crippen molar-refractivity contribution >= 4 is 0 Å². The van der Waals surface area contributed by atoms with E-state index in [1.54, 1.807) is 0 Å². The lowest BCUT2D eigenvalue weighted by molar-refractivity contribution is 0.435. The standard InChI is InChI=1S/C12H30N4/c13-9-5-1-3-7-11(15)12(16)8-4-2-6-10-14/h11-12H,1-10,13-16H2. The molecule has 2 unspecified atom stereocenters. The molecule has 16 heavy (non-hydrogen) atoms. The predicted octanol–water partition coefficient (Wildman–Crippen LogP) is 0.679. The van der Waals surface area contributed by atoms with Crippen molar-refractivity contribution in [2.24, 2.45) is 22.9 Å². The van der Waals surface area contributed by atoms with Crippen LogP contribution < -0.4 is 22.9 Å². The molecule has 0 aromatic carbocycles. The zero-order chi connectivity index (χ0) is 12.2. The Morgan fingerprint density at radius 1 is 0.562 bits per heavy atom. The molecule has 0 saturated carbocycles. The highest BCUT2D eigenvalue weighted by Crippen LogP contribution is 2.09. The van der Waals surface area contributed by atoms with Crippen LogP contribution in [0.1, 0.15) is 51.4 Å². The number of nitrogens with two attached hydrogens (primary N) is 4. The fourth-order valence-electron chi connectivity index (χ4n) is 1.83. The summed E-state index contributed by atoms with van der Waals surface area (Å²) in [5.74, 6) is 0. The Bertz CT molecular complexity index is 125. The molecule has 8 N–H and O–H groups in total. The molecule has 4 heteroatoms. The van der Waals surface area contributed by atoms with Crippen molar-refractivity contribution in [3.63, 3.8) is 0 Å². The summed E-state index contributed by atoms with van der Waals surface area (Å²) in [6.07, 6.45) is 8.88. The Labute approximate surface area is 100 Å². The molecule has 4 nitrogen and oxygen atoms in total. The molecule has 0 saturated heterocycles. The zero-order valence-electron chi connectivity index (χ0n) is 10.5. The van der Waals surface area contributed by atoms with Gasteiger partial charge in [-0.25, -0.2) is 0 Å². The first-order valence-electron chi connectivity index (χ1n) is 6.63. The second-order valence-corrected chi connectivity index (χ2v) is 4.60. The molecule has 0 aromatic rings. The Hall–Kier alpha value is -0.160. The number of unbranched alkanes of at least 4 members (excludes halogenated alkanes) is 4. The molecule has 0 fully saturated rings. The third-order valence-electron chi connectivity index (χ3n) is 3.03. The van der Waals surface area contributed by atoms with E-state index < -0.39 is 0 Å². The van der Waals surface area contributed by atoms with Crippen molar-refractivity contribution in [2.45, 2.75) is 63.5 Å². The summed E-state index contributed by atoms with van der Waals surface area (Å²) in [5, 5.41) is 0. The molecule has 0 spiro atoms. The molecule has 98 valence electrons. The van der Waals surface area contributed by atoms with E-state index in [9.17, 15) is 0 Å². The van der Waals surface area contributed by atoms with Gasteiger partial charge in [-0.2, -0.15) is 0 Å². The van der Waals surface area contributed by atoms with Gasteiger partial charge in [0.1, 0.15) is 0 Å². The zero-order valence-corrected chi connectivity index (χ0v) is 10.5. The molecule has 2 atom stereocenters. The van der Waals surface area contributed by atoms with Crippen LogP contribution in [0.25, 0.3) is 0 Å². The first kappa shape index (κ1) is 15.8. The minimum Gasteiger partial charge on any atom is -0.330 e. The van der Waals surface area contributed by atoms with E-state index in [0.717, 1.165) is 51.6 Å². The van der Waals surface area contributed by atoms with Crippen LogP contribution in [0, 0.1) is 0 Å². The molecule has 0 aliphatic carbocycles. The lowest BCUT2D eigenvalue weighted by atomic mass is 9.98. The largest absolute Gasteiger partial charge is 0.330 e. The van der Waals surface area contributed by atoms with Gasteiger partial charge in [-0.3, -0.25) is 0 Å². The smallest absolute Gasteiger partial charge is 0.0192 e. The normalized spacial score (nSPS) is 15.0. The van der Waals surface area contributed by atoms with Gasteiger partial charge in [0.15, 0.2) is 0 Å². The van der Waals surface area contributed by atoms with Gasteiger partial charge in [-0.15, -0.1) is 0 Å². The second-order valence-electron chi connectivity index (χ2n) is 4.60. The number of hydrogen-bond donors (Lipinski definition) is 4. The SMILES string of the molecule is NCCCCCC(N)C(N)CCCCCN. The topological polar surface area (TPSA) is 104 Å². The minimum atomic E-state index is 0.149. The minimum absolute atomic E-state index is 0.149. The Morgan fingerprint density at radius 2 is 0.938 bits per heavy atom. The Kier molecular flexibility index (Phi) is 11.2. The molecule has 0 radical (unpaired) electrons. The molecule has 0 heterocycles. The van der Waals surface area contributed by atoms with Crippen LogP contribution in [0.4, 0.5) is 0 Å². The molecule has 0 rings (SSSR count). The molecular formula is C12H30N4. The lowest BCUT2D eigenvalue weighted by Crippen LogP contribution is -2.41. The molecule has 0 aromatic heterocycles. The fraction of sp³-hybridized carbons (Fsp3) is 1.00. The van der Waals surface area contributed by atoms with Crippen molar-refractivity contribution < 1.29 is 0 Å². The van der Waals surface area contributed by atoms with Gasteiger partial charge in [0.25, 0.3) is 0 Å². The molecule has 0 aliphatic heterocycles. The van der Waals surface area contributed by atoms with Crippen molar-refractivity contribution in [1.29, 1.82) is 0 Å². The molecule has 0 aliphatic rings. The van der Waals surface area contributed by atoms with Crippen LogP contribution in [0.15, 0.2) is 0 Å². The summed E-state index contributed by atoms with van der Waals surface area (Å²) in [6, 6.07) is 0.298. The fourth-order valence-corrected chi connectivity index (χ4v) is 1.83. The molecule has 0 bridgehead atoms.